The molecular formula is C13H9FN2O. The number of hydrogen-bond donors (Lipinski definition) is 1. The van der Waals surface area contributed by atoms with Crippen molar-refractivity contribution in [2.24, 2.45) is 0 Å². The number of fused-ring (bicyclic) bond motifs is 1. The van der Waals surface area contributed by atoms with Gasteiger partial charge in [-0.3, -0.25) is 4.98 Å². The fourth-order valence-corrected chi connectivity index (χ4v) is 1.67. The molecule has 0 radical (unpaired) electrons. The Morgan fingerprint density at radius 3 is 2.88 bits per heavy atom. The Hall–Kier alpha value is -2.36. The van der Waals surface area contributed by atoms with Gasteiger partial charge in [0, 0.05) is 23.8 Å². The molecule has 1 aromatic carbocycles. The second kappa shape index (κ2) is 3.90. The molecule has 0 bridgehead atoms. The monoisotopic (exact) mass is 228 g/mol. The van der Waals surface area contributed by atoms with Crippen LogP contribution in [0.3, 0.4) is 0 Å². The van der Waals surface area contributed by atoms with E-state index in [9.17, 15) is 4.39 Å². The van der Waals surface area contributed by atoms with E-state index in [2.05, 4.69) is 9.97 Å². The number of hydrogen-bond acceptors (Lipinski definition) is 2. The first-order valence-electron chi connectivity index (χ1n) is 5.17. The van der Waals surface area contributed by atoms with E-state index in [0.29, 0.717) is 11.5 Å². The van der Waals surface area contributed by atoms with Crippen molar-refractivity contribution in [2.75, 3.05) is 0 Å². The first-order chi connectivity index (χ1) is 8.31. The molecule has 0 atom stereocenters. The number of benzene rings is 1. The van der Waals surface area contributed by atoms with E-state index < -0.39 is 5.82 Å². The minimum absolute atomic E-state index is 0.385. The molecule has 0 unspecified atom stereocenters. The maximum Gasteiger partial charge on any atom is 0.148 e. The zero-order valence-corrected chi connectivity index (χ0v) is 8.85. The van der Waals surface area contributed by atoms with Crippen molar-refractivity contribution in [3.8, 4) is 11.5 Å². The average Bonchev–Trinajstić information content (AvgIpc) is 2.76. The molecule has 3 aromatic rings. The lowest BCUT2D eigenvalue weighted by Gasteiger charge is -2.04. The highest BCUT2D eigenvalue weighted by molar-refractivity contribution is 5.80. The summed E-state index contributed by atoms with van der Waals surface area (Å²) in [5, 5.41) is 1.11. The molecule has 0 aliphatic rings. The van der Waals surface area contributed by atoms with Gasteiger partial charge >= 0.3 is 0 Å². The second-order valence-corrected chi connectivity index (χ2v) is 3.67. The Morgan fingerprint density at radius 1 is 1.06 bits per heavy atom. The van der Waals surface area contributed by atoms with Crippen LogP contribution >= 0.6 is 0 Å². The summed E-state index contributed by atoms with van der Waals surface area (Å²) in [7, 11) is 0. The van der Waals surface area contributed by atoms with Crippen molar-refractivity contribution < 1.29 is 9.13 Å². The Labute approximate surface area is 96.9 Å². The van der Waals surface area contributed by atoms with Crippen LogP contribution in [0.1, 0.15) is 0 Å². The van der Waals surface area contributed by atoms with Gasteiger partial charge in [-0.15, -0.1) is 0 Å². The molecular weight excluding hydrogens is 219 g/mol. The summed E-state index contributed by atoms with van der Waals surface area (Å²) in [6.07, 6.45) is 4.47. The van der Waals surface area contributed by atoms with Crippen LogP contribution in [-0.2, 0) is 0 Å². The zero-order valence-electron chi connectivity index (χ0n) is 8.85. The third-order valence-electron chi connectivity index (χ3n) is 2.44. The number of aromatic amines is 1. The second-order valence-electron chi connectivity index (χ2n) is 3.67. The number of ether oxygens (including phenoxy) is 1. The minimum atomic E-state index is -0.413. The summed E-state index contributed by atoms with van der Waals surface area (Å²) >= 11 is 0. The summed E-state index contributed by atoms with van der Waals surface area (Å²) in [5.41, 5.74) is 0.979. The summed E-state index contributed by atoms with van der Waals surface area (Å²) in [4.78, 5) is 6.81. The molecule has 2 heterocycles. The molecule has 1 N–H and O–H groups in total. The lowest BCUT2D eigenvalue weighted by Crippen LogP contribution is -1.86. The fraction of sp³-hybridized carbons (Fsp3) is 0. The Morgan fingerprint density at radius 2 is 2.00 bits per heavy atom. The standard InChI is InChI=1S/C13H9FN2O/c14-10-5-12(8-15-7-10)17-11-2-1-9-3-4-16-13(9)6-11/h1-8,16H. The molecule has 3 nitrogen and oxygen atoms in total. The number of nitrogens with zero attached hydrogens (tertiary/aromatic N) is 1. The van der Waals surface area contributed by atoms with Crippen molar-refractivity contribution in [1.29, 1.82) is 0 Å². The van der Waals surface area contributed by atoms with Crippen molar-refractivity contribution in [3.63, 3.8) is 0 Å². The van der Waals surface area contributed by atoms with Crippen LogP contribution in [0.15, 0.2) is 48.9 Å². The van der Waals surface area contributed by atoms with Crippen LogP contribution in [-0.4, -0.2) is 9.97 Å². The Balaban J connectivity index is 1.94. The minimum Gasteiger partial charge on any atom is -0.456 e. The van der Waals surface area contributed by atoms with Crippen molar-refractivity contribution in [3.05, 3.63) is 54.7 Å². The fourth-order valence-electron chi connectivity index (χ4n) is 1.67. The third-order valence-corrected chi connectivity index (χ3v) is 2.44. The number of H-pyrrole nitrogens is 1. The summed E-state index contributed by atoms with van der Waals surface area (Å²) in [6, 6.07) is 8.91. The van der Waals surface area contributed by atoms with Gasteiger partial charge in [-0.2, -0.15) is 0 Å². The first kappa shape index (κ1) is 9.84. The van der Waals surface area contributed by atoms with Gasteiger partial charge in [0.2, 0.25) is 0 Å². The molecule has 17 heavy (non-hydrogen) atoms. The van der Waals surface area contributed by atoms with Gasteiger partial charge in [-0.25, -0.2) is 4.39 Å². The Kier molecular flexibility index (Phi) is 2.26. The molecule has 0 saturated heterocycles. The van der Waals surface area contributed by atoms with Gasteiger partial charge in [0.25, 0.3) is 0 Å². The lowest BCUT2D eigenvalue weighted by molar-refractivity contribution is 0.474. The summed E-state index contributed by atoms with van der Waals surface area (Å²) in [5.74, 6) is 0.617. The normalized spacial score (nSPS) is 10.6. The van der Waals surface area contributed by atoms with Crippen LogP contribution in [0.2, 0.25) is 0 Å². The van der Waals surface area contributed by atoms with Gasteiger partial charge in [0.1, 0.15) is 17.3 Å². The Bertz CT molecular complexity index is 663. The van der Waals surface area contributed by atoms with Crippen LogP contribution in [0.4, 0.5) is 4.39 Å². The van der Waals surface area contributed by atoms with E-state index in [1.807, 2.05) is 30.5 Å². The number of nitrogens with one attached hydrogen (secondary N) is 1. The average molecular weight is 228 g/mol. The molecule has 0 amide bonds. The molecule has 0 spiro atoms. The van der Waals surface area contributed by atoms with E-state index >= 15 is 0 Å². The van der Waals surface area contributed by atoms with Gasteiger partial charge in [0.05, 0.1) is 12.4 Å². The number of aromatic nitrogens is 2. The smallest absolute Gasteiger partial charge is 0.148 e. The van der Waals surface area contributed by atoms with Crippen LogP contribution in [0, 0.1) is 5.82 Å². The van der Waals surface area contributed by atoms with Crippen molar-refractivity contribution in [1.82, 2.24) is 9.97 Å². The molecule has 84 valence electrons. The van der Waals surface area contributed by atoms with Crippen LogP contribution in [0.25, 0.3) is 10.9 Å². The highest BCUT2D eigenvalue weighted by atomic mass is 19.1. The number of rotatable bonds is 2. The largest absolute Gasteiger partial charge is 0.456 e. The highest BCUT2D eigenvalue weighted by Crippen LogP contribution is 2.24. The number of pyridine rings is 1. The molecule has 0 aliphatic carbocycles. The van der Waals surface area contributed by atoms with E-state index in [-0.39, 0.29) is 0 Å². The SMILES string of the molecule is Fc1cncc(Oc2ccc3cc[nH]c3c2)c1. The highest BCUT2D eigenvalue weighted by Gasteiger charge is 2.01. The van der Waals surface area contributed by atoms with E-state index in [4.69, 9.17) is 4.74 Å². The maximum absolute atomic E-state index is 12.9. The lowest BCUT2D eigenvalue weighted by atomic mass is 10.2. The van der Waals surface area contributed by atoms with Crippen molar-refractivity contribution >= 4 is 10.9 Å². The molecule has 3 rings (SSSR count). The predicted octanol–water partition coefficient (Wildman–Crippen LogP) is 3.49. The van der Waals surface area contributed by atoms with Crippen LogP contribution in [0.5, 0.6) is 11.5 Å². The third kappa shape index (κ3) is 1.97. The molecule has 0 saturated carbocycles. The first-order valence-corrected chi connectivity index (χ1v) is 5.17. The molecule has 0 fully saturated rings. The summed E-state index contributed by atoms with van der Waals surface area (Å²) < 4.78 is 18.4. The summed E-state index contributed by atoms with van der Waals surface area (Å²) in [6.45, 7) is 0. The van der Waals surface area contributed by atoms with Gasteiger partial charge in [-0.1, -0.05) is 0 Å². The molecule has 4 heteroatoms. The maximum atomic E-state index is 12.9. The van der Waals surface area contributed by atoms with Gasteiger partial charge in [-0.05, 0) is 23.6 Å². The molecule has 2 aromatic heterocycles. The zero-order chi connectivity index (χ0) is 11.7. The number of halogens is 1. The topological polar surface area (TPSA) is 37.9 Å². The molecule has 0 aliphatic heterocycles. The van der Waals surface area contributed by atoms with Gasteiger partial charge in [0.15, 0.2) is 0 Å². The van der Waals surface area contributed by atoms with E-state index in [0.717, 1.165) is 17.1 Å². The van der Waals surface area contributed by atoms with Gasteiger partial charge < -0.3 is 9.72 Å². The quantitative estimate of drug-likeness (QED) is 0.729. The van der Waals surface area contributed by atoms with E-state index in [1.54, 1.807) is 0 Å². The van der Waals surface area contributed by atoms with E-state index in [1.165, 1.54) is 12.3 Å². The van der Waals surface area contributed by atoms with Crippen molar-refractivity contribution in [2.45, 2.75) is 0 Å². The predicted molar refractivity (Wildman–Crippen MR) is 62.6 cm³/mol. The van der Waals surface area contributed by atoms with Crippen LogP contribution < -0.4 is 4.74 Å².